The van der Waals surface area contributed by atoms with E-state index in [2.05, 4.69) is 32.0 Å². The van der Waals surface area contributed by atoms with Gasteiger partial charge < -0.3 is 14.2 Å². The van der Waals surface area contributed by atoms with E-state index in [1.54, 1.807) is 48.5 Å². The summed E-state index contributed by atoms with van der Waals surface area (Å²) in [5, 5.41) is 0. The van der Waals surface area contributed by atoms with Crippen molar-refractivity contribution in [3.63, 3.8) is 0 Å². The van der Waals surface area contributed by atoms with Gasteiger partial charge in [0.1, 0.15) is 28.6 Å². The molecule has 0 heterocycles. The predicted octanol–water partition coefficient (Wildman–Crippen LogP) is 10.3. The normalized spacial score (nSPS) is 12.4. The van der Waals surface area contributed by atoms with Gasteiger partial charge >= 0.3 is 5.97 Å². The second-order valence-electron chi connectivity index (χ2n) is 13.1. The molecule has 4 aromatic rings. The summed E-state index contributed by atoms with van der Waals surface area (Å²) in [6, 6.07) is 26.2. The number of ether oxygens (including phenoxy) is 3. The predicted molar refractivity (Wildman–Crippen MR) is 177 cm³/mol. The lowest BCUT2D eigenvalue weighted by Crippen LogP contribution is -2.23. The number of carbonyl (C=O) groups excluding carboxylic acids is 2. The minimum Gasteiger partial charge on any atom is -0.488 e. The first-order chi connectivity index (χ1) is 20.7. The summed E-state index contributed by atoms with van der Waals surface area (Å²) in [6.07, 6.45) is 0.770. The highest BCUT2D eigenvalue weighted by molar-refractivity contribution is 6.00. The maximum atomic E-state index is 12.9. The maximum absolute atomic E-state index is 12.9. The highest BCUT2D eigenvalue weighted by Gasteiger charge is 2.26. The molecule has 0 aromatic heterocycles. The van der Waals surface area contributed by atoms with Crippen molar-refractivity contribution in [2.45, 2.75) is 80.3 Å². The zero-order valence-electron chi connectivity index (χ0n) is 27.4. The molecule has 0 aliphatic rings. The van der Waals surface area contributed by atoms with Gasteiger partial charge in [-0.05, 0) is 124 Å². The third kappa shape index (κ3) is 7.96. The number of hydrogen-bond acceptors (Lipinski definition) is 5. The number of rotatable bonds is 10. The highest BCUT2D eigenvalue weighted by Crippen LogP contribution is 2.33. The fraction of sp³-hybridized carbons (Fsp3) is 0.333. The van der Waals surface area contributed by atoms with Gasteiger partial charge in [0.25, 0.3) is 0 Å². The molecule has 1 atom stereocenters. The monoisotopic (exact) mass is 592 g/mol. The molecule has 5 heteroatoms. The topological polar surface area (TPSA) is 61.8 Å². The summed E-state index contributed by atoms with van der Waals surface area (Å²) < 4.78 is 17.8. The average molecular weight is 593 g/mol. The third-order valence-electron chi connectivity index (χ3n) is 7.96. The van der Waals surface area contributed by atoms with Crippen LogP contribution in [0, 0.1) is 19.3 Å². The van der Waals surface area contributed by atoms with Crippen LogP contribution >= 0.6 is 0 Å². The molecule has 5 nitrogen and oxygen atoms in total. The fourth-order valence-corrected chi connectivity index (χ4v) is 4.81. The summed E-state index contributed by atoms with van der Waals surface area (Å²) in [5.41, 5.74) is 4.75. The summed E-state index contributed by atoms with van der Waals surface area (Å²) in [7, 11) is 0. The van der Waals surface area contributed by atoms with Crippen LogP contribution in [0.3, 0.4) is 0 Å². The number of esters is 1. The first kappa shape index (κ1) is 32.5. The van der Waals surface area contributed by atoms with Gasteiger partial charge in [0, 0.05) is 16.9 Å². The smallest absolute Gasteiger partial charge is 0.343 e. The molecule has 0 amide bonds. The van der Waals surface area contributed by atoms with Crippen LogP contribution in [0.1, 0.15) is 104 Å². The van der Waals surface area contributed by atoms with Crippen molar-refractivity contribution in [1.29, 1.82) is 0 Å². The molecule has 1 unspecified atom stereocenters. The van der Waals surface area contributed by atoms with Gasteiger partial charge in [0.15, 0.2) is 5.78 Å². The van der Waals surface area contributed by atoms with Crippen LogP contribution < -0.4 is 14.2 Å². The zero-order chi connectivity index (χ0) is 32.2. The van der Waals surface area contributed by atoms with E-state index in [0.717, 1.165) is 28.9 Å². The molecule has 0 fully saturated rings. The first-order valence-corrected chi connectivity index (χ1v) is 15.2. The van der Waals surface area contributed by atoms with Gasteiger partial charge in [-0.1, -0.05) is 52.0 Å². The van der Waals surface area contributed by atoms with E-state index < -0.39 is 11.4 Å². The van der Waals surface area contributed by atoms with E-state index in [-0.39, 0.29) is 17.3 Å². The molecule has 4 aromatic carbocycles. The van der Waals surface area contributed by atoms with Crippen LogP contribution in [0.2, 0.25) is 0 Å². The van der Waals surface area contributed by atoms with Crippen molar-refractivity contribution >= 4 is 11.8 Å². The van der Waals surface area contributed by atoms with Crippen LogP contribution in [0.5, 0.6) is 23.0 Å². The molecule has 0 radical (unpaired) electrons. The summed E-state index contributed by atoms with van der Waals surface area (Å²) in [5.74, 6) is 2.45. The van der Waals surface area contributed by atoms with E-state index in [1.165, 1.54) is 5.56 Å². The van der Waals surface area contributed by atoms with Gasteiger partial charge in [-0.2, -0.15) is 0 Å². The quantitative estimate of drug-likeness (QED) is 0.104. The van der Waals surface area contributed by atoms with E-state index in [0.29, 0.717) is 28.4 Å². The van der Waals surface area contributed by atoms with Crippen molar-refractivity contribution in [2.75, 3.05) is 0 Å². The van der Waals surface area contributed by atoms with Gasteiger partial charge in [-0.25, -0.2) is 4.79 Å². The Morgan fingerprint density at radius 3 is 1.61 bits per heavy atom. The number of aryl methyl sites for hydroxylation is 2. The Labute approximate surface area is 262 Å². The zero-order valence-corrected chi connectivity index (χ0v) is 27.4. The van der Waals surface area contributed by atoms with E-state index in [4.69, 9.17) is 14.2 Å². The van der Waals surface area contributed by atoms with Crippen molar-refractivity contribution in [1.82, 2.24) is 0 Å². The third-order valence-corrected chi connectivity index (χ3v) is 7.96. The molecule has 0 saturated carbocycles. The second kappa shape index (κ2) is 13.1. The molecular formula is C39H44O5. The molecule has 230 valence electrons. The Bertz CT molecular complexity index is 1620. The molecule has 0 aliphatic carbocycles. The number of hydrogen-bond donors (Lipinski definition) is 0. The van der Waals surface area contributed by atoms with Crippen molar-refractivity contribution in [3.05, 3.63) is 118 Å². The summed E-state index contributed by atoms with van der Waals surface area (Å²) >= 11 is 0. The molecule has 4 rings (SSSR count). The number of benzene rings is 4. The largest absolute Gasteiger partial charge is 0.488 e. The SMILES string of the molecule is CCC(C)(C)C(=O)c1ccc(Oc2ccc(C(=O)Oc3ccc(C(C)c4ccc(OC(C)(C)C)c(C)c4)cc3C)cc2)cc1. The van der Waals surface area contributed by atoms with Gasteiger partial charge in [0.2, 0.25) is 0 Å². The lowest BCUT2D eigenvalue weighted by molar-refractivity contribution is 0.0733. The average Bonchev–Trinajstić information content (AvgIpc) is 2.98. The Morgan fingerprint density at radius 1 is 0.682 bits per heavy atom. The Morgan fingerprint density at radius 2 is 1.16 bits per heavy atom. The van der Waals surface area contributed by atoms with E-state index in [9.17, 15) is 9.59 Å². The Hall–Kier alpha value is -4.38. The second-order valence-corrected chi connectivity index (χ2v) is 13.1. The van der Waals surface area contributed by atoms with Gasteiger partial charge in [-0.15, -0.1) is 0 Å². The minimum absolute atomic E-state index is 0.112. The molecule has 44 heavy (non-hydrogen) atoms. The molecular weight excluding hydrogens is 548 g/mol. The molecule has 0 N–H and O–H groups in total. The van der Waals surface area contributed by atoms with Gasteiger partial charge in [-0.3, -0.25) is 4.79 Å². The van der Waals surface area contributed by atoms with Crippen molar-refractivity contribution in [3.8, 4) is 23.0 Å². The number of Topliss-reactive ketones (excluding diaryl/α,β-unsaturated/α-hetero) is 1. The summed E-state index contributed by atoms with van der Waals surface area (Å²) in [6.45, 7) is 18.2. The number of carbonyl (C=O) groups is 2. The van der Waals surface area contributed by atoms with Crippen LogP contribution in [0.25, 0.3) is 0 Å². The van der Waals surface area contributed by atoms with Crippen molar-refractivity contribution in [2.24, 2.45) is 5.41 Å². The first-order valence-electron chi connectivity index (χ1n) is 15.2. The maximum Gasteiger partial charge on any atom is 0.343 e. The Balaban J connectivity index is 1.38. The number of ketones is 1. The highest BCUT2D eigenvalue weighted by atomic mass is 16.5. The van der Waals surface area contributed by atoms with Crippen LogP contribution in [0.15, 0.2) is 84.9 Å². The summed E-state index contributed by atoms with van der Waals surface area (Å²) in [4.78, 5) is 25.6. The molecule has 0 bridgehead atoms. The van der Waals surface area contributed by atoms with Crippen LogP contribution in [-0.4, -0.2) is 17.4 Å². The molecule has 0 spiro atoms. The lowest BCUT2D eigenvalue weighted by atomic mass is 9.82. The standard InChI is InChI=1S/C39H44O5/c1-10-39(8,9)36(40)28-11-17-32(18-12-28)42-33-19-13-29(14-20-33)37(41)43-34-21-15-30(23-25(34)2)27(4)31-16-22-35(26(3)24-31)44-38(5,6)7/h11-24,27H,10H2,1-9H3. The van der Waals surface area contributed by atoms with Gasteiger partial charge in [0.05, 0.1) is 5.56 Å². The lowest BCUT2D eigenvalue weighted by Gasteiger charge is -2.23. The van der Waals surface area contributed by atoms with Crippen molar-refractivity contribution < 1.29 is 23.8 Å². The van der Waals surface area contributed by atoms with Crippen LogP contribution in [0.4, 0.5) is 0 Å². The fourth-order valence-electron chi connectivity index (χ4n) is 4.81. The van der Waals surface area contributed by atoms with Crippen LogP contribution in [-0.2, 0) is 0 Å². The molecule has 0 saturated heterocycles. The minimum atomic E-state index is -0.438. The Kier molecular flexibility index (Phi) is 9.68. The van der Waals surface area contributed by atoms with E-state index >= 15 is 0 Å². The molecule has 0 aliphatic heterocycles. The van der Waals surface area contributed by atoms with E-state index in [1.807, 2.05) is 66.7 Å².